The number of anilines is 1. The van der Waals surface area contributed by atoms with Crippen LogP contribution in [0.25, 0.3) is 0 Å². The largest absolute Gasteiger partial charge is 0.490 e. The molecule has 0 radical (unpaired) electrons. The molecule has 1 atom stereocenters. The fraction of sp³-hybridized carbons (Fsp3) is 0.400. The predicted octanol–water partition coefficient (Wildman–Crippen LogP) is 2.35. The van der Waals surface area contributed by atoms with E-state index in [-0.39, 0.29) is 30.9 Å². The maximum atomic E-state index is 5.78. The normalized spacial score (nSPS) is 14.5. The quantitative estimate of drug-likeness (QED) is 0.805. The van der Waals surface area contributed by atoms with Gasteiger partial charge in [-0.2, -0.15) is 0 Å². The van der Waals surface area contributed by atoms with E-state index in [1.165, 1.54) is 0 Å². The lowest BCUT2D eigenvalue weighted by atomic mass is 10.1. The van der Waals surface area contributed by atoms with Crippen LogP contribution >= 0.6 is 24.8 Å². The number of hydrogen-bond acceptors (Lipinski definition) is 3. The van der Waals surface area contributed by atoms with Crippen LogP contribution in [-0.4, -0.2) is 13.2 Å². The molecule has 1 aromatic rings. The maximum Gasteiger partial charge on any atom is 0.142 e. The Hall–Kier alpha value is -0.640. The van der Waals surface area contributed by atoms with Gasteiger partial charge in [0.05, 0.1) is 5.69 Å². The molecule has 86 valence electrons. The predicted molar refractivity (Wildman–Crippen MR) is 67.5 cm³/mol. The van der Waals surface area contributed by atoms with Gasteiger partial charge in [-0.05, 0) is 24.6 Å². The first kappa shape index (κ1) is 14.4. The molecular formula is C10H16Cl2N2O. The Kier molecular flexibility index (Phi) is 5.80. The van der Waals surface area contributed by atoms with Crippen LogP contribution < -0.4 is 15.8 Å². The van der Waals surface area contributed by atoms with E-state index in [1.807, 2.05) is 19.1 Å². The van der Waals surface area contributed by atoms with E-state index in [0.29, 0.717) is 0 Å². The molecule has 1 heterocycles. The number of halogens is 2. The molecule has 0 saturated carbocycles. The van der Waals surface area contributed by atoms with Gasteiger partial charge in [-0.1, -0.05) is 6.07 Å². The molecule has 1 aromatic carbocycles. The van der Waals surface area contributed by atoms with Gasteiger partial charge < -0.3 is 15.8 Å². The summed E-state index contributed by atoms with van der Waals surface area (Å²) < 4.78 is 5.45. The summed E-state index contributed by atoms with van der Waals surface area (Å²) in [5, 5.41) is 3.28. The molecule has 3 N–H and O–H groups in total. The number of benzene rings is 1. The van der Waals surface area contributed by atoms with Gasteiger partial charge in [0, 0.05) is 12.6 Å². The van der Waals surface area contributed by atoms with Crippen LogP contribution in [0.2, 0.25) is 0 Å². The Balaban J connectivity index is 0.000000980. The lowest BCUT2D eigenvalue weighted by Crippen LogP contribution is -2.18. The maximum absolute atomic E-state index is 5.78. The molecular weight excluding hydrogens is 235 g/mol. The highest BCUT2D eigenvalue weighted by atomic mass is 35.5. The van der Waals surface area contributed by atoms with Crippen molar-refractivity contribution in [2.24, 2.45) is 5.73 Å². The molecule has 1 aliphatic heterocycles. The van der Waals surface area contributed by atoms with Gasteiger partial charge >= 0.3 is 0 Å². The second-order valence-electron chi connectivity index (χ2n) is 3.32. The molecule has 0 saturated heterocycles. The van der Waals surface area contributed by atoms with Crippen molar-refractivity contribution in [2.45, 2.75) is 13.0 Å². The first-order valence-electron chi connectivity index (χ1n) is 4.53. The van der Waals surface area contributed by atoms with Crippen molar-refractivity contribution >= 4 is 30.5 Å². The topological polar surface area (TPSA) is 47.3 Å². The molecule has 0 amide bonds. The minimum Gasteiger partial charge on any atom is -0.490 e. The molecule has 5 heteroatoms. The molecule has 0 aliphatic carbocycles. The summed E-state index contributed by atoms with van der Waals surface area (Å²) in [7, 11) is 0. The van der Waals surface area contributed by atoms with Gasteiger partial charge in [0.1, 0.15) is 12.4 Å². The Morgan fingerprint density at radius 1 is 1.40 bits per heavy atom. The van der Waals surface area contributed by atoms with Gasteiger partial charge in [0.2, 0.25) is 0 Å². The summed E-state index contributed by atoms with van der Waals surface area (Å²) >= 11 is 0. The number of ether oxygens (including phenoxy) is 1. The number of nitrogens with one attached hydrogen (secondary N) is 1. The van der Waals surface area contributed by atoms with Crippen LogP contribution in [0.15, 0.2) is 18.2 Å². The second kappa shape index (κ2) is 6.05. The highest BCUT2D eigenvalue weighted by molar-refractivity contribution is 5.85. The van der Waals surface area contributed by atoms with Crippen LogP contribution in [0, 0.1) is 0 Å². The summed E-state index contributed by atoms with van der Waals surface area (Å²) in [6.45, 7) is 3.59. The van der Waals surface area contributed by atoms with Crippen molar-refractivity contribution in [3.05, 3.63) is 23.8 Å². The van der Waals surface area contributed by atoms with Crippen LogP contribution in [0.5, 0.6) is 5.75 Å². The Bertz CT molecular complexity index is 318. The summed E-state index contributed by atoms with van der Waals surface area (Å²) in [6, 6.07) is 6.12. The van der Waals surface area contributed by atoms with Crippen molar-refractivity contribution in [1.82, 2.24) is 0 Å². The van der Waals surface area contributed by atoms with Gasteiger partial charge in [-0.25, -0.2) is 0 Å². The third-order valence-electron chi connectivity index (χ3n) is 2.20. The molecule has 3 nitrogen and oxygen atoms in total. The fourth-order valence-electron chi connectivity index (χ4n) is 1.44. The number of fused-ring (bicyclic) bond motifs is 1. The van der Waals surface area contributed by atoms with E-state index >= 15 is 0 Å². The molecule has 0 bridgehead atoms. The molecule has 0 fully saturated rings. The summed E-state index contributed by atoms with van der Waals surface area (Å²) in [5.41, 5.74) is 7.97. The zero-order chi connectivity index (χ0) is 9.26. The lowest BCUT2D eigenvalue weighted by Gasteiger charge is -2.20. The van der Waals surface area contributed by atoms with E-state index in [9.17, 15) is 0 Å². The first-order valence-corrected chi connectivity index (χ1v) is 4.53. The molecule has 15 heavy (non-hydrogen) atoms. The van der Waals surface area contributed by atoms with Crippen LogP contribution in [0.4, 0.5) is 5.69 Å². The minimum absolute atomic E-state index is 0. The second-order valence-corrected chi connectivity index (χ2v) is 3.32. The van der Waals surface area contributed by atoms with Crippen molar-refractivity contribution < 1.29 is 4.74 Å². The van der Waals surface area contributed by atoms with E-state index in [1.54, 1.807) is 0 Å². The molecule has 1 unspecified atom stereocenters. The van der Waals surface area contributed by atoms with Crippen LogP contribution in [0.3, 0.4) is 0 Å². The summed E-state index contributed by atoms with van der Waals surface area (Å²) in [4.78, 5) is 0. The third kappa shape index (κ3) is 3.16. The number of nitrogens with two attached hydrogens (primary N) is 1. The average Bonchev–Trinajstić information content (AvgIpc) is 2.17. The monoisotopic (exact) mass is 250 g/mol. The first-order chi connectivity index (χ1) is 6.27. The number of rotatable bonds is 1. The standard InChI is InChI=1S/C10H14N2O.2ClH/c1-7(11)8-2-3-10-9(6-8)12-4-5-13-10;;/h2-3,6-7,12H,4-5,11H2,1H3;2*1H. The van der Waals surface area contributed by atoms with E-state index in [0.717, 1.165) is 30.2 Å². The van der Waals surface area contributed by atoms with Crippen LogP contribution in [0.1, 0.15) is 18.5 Å². The highest BCUT2D eigenvalue weighted by Gasteiger charge is 2.10. The van der Waals surface area contributed by atoms with Gasteiger partial charge in [-0.3, -0.25) is 0 Å². The fourth-order valence-corrected chi connectivity index (χ4v) is 1.44. The van der Waals surface area contributed by atoms with Gasteiger partial charge in [0.15, 0.2) is 0 Å². The highest BCUT2D eigenvalue weighted by Crippen LogP contribution is 2.29. The molecule has 1 aliphatic rings. The van der Waals surface area contributed by atoms with E-state index < -0.39 is 0 Å². The third-order valence-corrected chi connectivity index (χ3v) is 2.20. The van der Waals surface area contributed by atoms with Gasteiger partial charge in [-0.15, -0.1) is 24.8 Å². The molecule has 0 aromatic heterocycles. The average molecular weight is 251 g/mol. The van der Waals surface area contributed by atoms with Crippen molar-refractivity contribution in [1.29, 1.82) is 0 Å². The minimum atomic E-state index is 0. The van der Waals surface area contributed by atoms with Crippen molar-refractivity contribution in [3.63, 3.8) is 0 Å². The van der Waals surface area contributed by atoms with Gasteiger partial charge in [0.25, 0.3) is 0 Å². The van der Waals surface area contributed by atoms with Crippen molar-refractivity contribution in [2.75, 3.05) is 18.5 Å². The SMILES string of the molecule is CC(N)c1ccc2c(c1)NCCO2.Cl.Cl. The lowest BCUT2D eigenvalue weighted by molar-refractivity contribution is 0.323. The Labute approximate surface area is 102 Å². The van der Waals surface area contributed by atoms with Crippen molar-refractivity contribution in [3.8, 4) is 5.75 Å². The van der Waals surface area contributed by atoms with Crippen LogP contribution in [-0.2, 0) is 0 Å². The Morgan fingerprint density at radius 3 is 2.80 bits per heavy atom. The summed E-state index contributed by atoms with van der Waals surface area (Å²) in [5.74, 6) is 0.927. The molecule has 0 spiro atoms. The Morgan fingerprint density at radius 2 is 2.13 bits per heavy atom. The van der Waals surface area contributed by atoms with E-state index in [4.69, 9.17) is 10.5 Å². The smallest absolute Gasteiger partial charge is 0.142 e. The zero-order valence-electron chi connectivity index (χ0n) is 8.53. The number of hydrogen-bond donors (Lipinski definition) is 2. The van der Waals surface area contributed by atoms with E-state index in [2.05, 4.69) is 11.4 Å². The summed E-state index contributed by atoms with van der Waals surface area (Å²) in [6.07, 6.45) is 0. The molecule has 2 rings (SSSR count). The zero-order valence-corrected chi connectivity index (χ0v) is 10.2.